The first-order valence-electron chi connectivity index (χ1n) is 15.7. The molecule has 0 aliphatic carbocycles. The minimum Gasteiger partial charge on any atom is -0.427 e. The summed E-state index contributed by atoms with van der Waals surface area (Å²) >= 11 is 0. The van der Waals surface area contributed by atoms with E-state index in [9.17, 15) is 19.2 Å². The Morgan fingerprint density at radius 2 is 1.67 bits per heavy atom. The maximum atomic E-state index is 16.1. The zero-order chi connectivity index (χ0) is 33.3. The summed E-state index contributed by atoms with van der Waals surface area (Å²) in [7, 11) is 0. The van der Waals surface area contributed by atoms with Gasteiger partial charge in [-0.3, -0.25) is 24.1 Å². The van der Waals surface area contributed by atoms with E-state index in [4.69, 9.17) is 18.9 Å². The molecule has 2 aromatic carbocycles. The lowest BCUT2D eigenvalue weighted by Gasteiger charge is -2.51. The molecule has 2 amide bonds. The fourth-order valence-electron chi connectivity index (χ4n) is 7.35. The molecule has 48 heavy (non-hydrogen) atoms. The first-order valence-corrected chi connectivity index (χ1v) is 15.7. The lowest BCUT2D eigenvalue weighted by atomic mass is 9.91. The predicted molar refractivity (Wildman–Crippen MR) is 163 cm³/mol. The van der Waals surface area contributed by atoms with Gasteiger partial charge in [0.25, 0.3) is 5.91 Å². The van der Waals surface area contributed by atoms with Crippen LogP contribution in [-0.2, 0) is 19.0 Å². The Balaban J connectivity index is 1.29. The number of rotatable bonds is 3. The molecule has 3 atom stereocenters. The highest BCUT2D eigenvalue weighted by Gasteiger charge is 2.48. The van der Waals surface area contributed by atoms with Gasteiger partial charge < -0.3 is 33.6 Å². The monoisotopic (exact) mass is 663 g/mol. The number of pyridine rings is 1. The highest BCUT2D eigenvalue weighted by atomic mass is 19.2. The maximum absolute atomic E-state index is 16.1. The first-order chi connectivity index (χ1) is 23.2. The van der Waals surface area contributed by atoms with Crippen LogP contribution in [0.1, 0.15) is 46.2 Å². The van der Waals surface area contributed by atoms with Crippen molar-refractivity contribution >= 4 is 23.7 Å². The van der Waals surface area contributed by atoms with Gasteiger partial charge in [0, 0.05) is 49.1 Å². The van der Waals surface area contributed by atoms with E-state index < -0.39 is 59.2 Å². The normalized spacial score (nSPS) is 23.1. The number of ether oxygens (including phenoxy) is 4. The molecule has 15 heteroatoms. The van der Waals surface area contributed by atoms with Gasteiger partial charge in [-0.2, -0.15) is 0 Å². The zero-order valence-electron chi connectivity index (χ0n) is 25.8. The van der Waals surface area contributed by atoms with Gasteiger partial charge in [0.15, 0.2) is 17.3 Å². The molecule has 6 heterocycles. The summed E-state index contributed by atoms with van der Waals surface area (Å²) in [5, 5.41) is 1.79. The van der Waals surface area contributed by atoms with Crippen molar-refractivity contribution in [3.63, 3.8) is 0 Å². The molecule has 3 saturated heterocycles. The number of aromatic nitrogens is 1. The van der Waals surface area contributed by atoms with Crippen LogP contribution in [0.5, 0.6) is 5.75 Å². The predicted octanol–water partition coefficient (Wildman–Crippen LogP) is 2.30. The Labute approximate surface area is 272 Å². The second-order valence-corrected chi connectivity index (χ2v) is 12.3. The number of halogens is 2. The van der Waals surface area contributed by atoms with E-state index in [1.807, 2.05) is 29.2 Å². The molecule has 250 valence electrons. The summed E-state index contributed by atoms with van der Waals surface area (Å²) < 4.78 is 55.0. The van der Waals surface area contributed by atoms with Crippen molar-refractivity contribution < 1.29 is 42.1 Å². The van der Waals surface area contributed by atoms with Crippen LogP contribution in [-0.4, -0.2) is 97.3 Å². The van der Waals surface area contributed by atoms with Crippen LogP contribution in [0.2, 0.25) is 0 Å². The lowest BCUT2D eigenvalue weighted by Crippen LogP contribution is -2.66. The van der Waals surface area contributed by atoms with Gasteiger partial charge in [0.05, 0.1) is 45.6 Å². The largest absolute Gasteiger partial charge is 0.514 e. The van der Waals surface area contributed by atoms with Crippen molar-refractivity contribution in [2.24, 2.45) is 0 Å². The topological polar surface area (TPSA) is 123 Å². The third-order valence-electron chi connectivity index (χ3n) is 9.63. The number of amides is 2. The number of nitrogens with zero attached hydrogens (tertiary/aromatic N) is 5. The van der Waals surface area contributed by atoms with Crippen molar-refractivity contribution in [1.29, 1.82) is 0 Å². The van der Waals surface area contributed by atoms with Crippen LogP contribution < -0.4 is 20.1 Å². The van der Waals surface area contributed by atoms with Crippen LogP contribution in [0.3, 0.4) is 0 Å². The summed E-state index contributed by atoms with van der Waals surface area (Å²) in [6.07, 6.45) is -1.17. The van der Waals surface area contributed by atoms with Crippen LogP contribution in [0.15, 0.2) is 53.5 Å². The Bertz CT molecular complexity index is 1900. The van der Waals surface area contributed by atoms with Crippen molar-refractivity contribution in [3.8, 4) is 5.75 Å². The molecule has 1 aromatic heterocycles. The average molecular weight is 664 g/mol. The van der Waals surface area contributed by atoms with Crippen molar-refractivity contribution in [2.75, 3.05) is 62.5 Å². The molecule has 3 unspecified atom stereocenters. The van der Waals surface area contributed by atoms with E-state index in [-0.39, 0.29) is 56.6 Å². The molecule has 3 aromatic rings. The lowest BCUT2D eigenvalue weighted by molar-refractivity contribution is -0.139. The standard InChI is InChI=1S/C33H31F2N5O8/c1-18(41)36-14-19(15-36)47-33(44)48-31-25(42)8-9-39-30(31)32(43)38-11-13-46-17-26(38)40(39)29-20-4-2-3-5-23(20)37-10-12-45-16-24(37)27-21(29)6-7-22(34)28(27)35/h2-9,19,24,26,29H,10-17H2,1H3. The molecule has 0 saturated carbocycles. The Kier molecular flexibility index (Phi) is 7.32. The SMILES string of the molecule is CC(=O)N1CC(OC(=O)Oc2c3n(ccc2=O)N(C2c4ccccc4N4CCOCC4c4c2ccc(F)c4F)C2COCCN2C3=O)C1. The summed E-state index contributed by atoms with van der Waals surface area (Å²) in [5.74, 6) is -3.29. The molecule has 3 fully saturated rings. The van der Waals surface area contributed by atoms with E-state index in [1.54, 1.807) is 5.01 Å². The van der Waals surface area contributed by atoms with E-state index in [1.165, 1.54) is 39.7 Å². The Morgan fingerprint density at radius 1 is 0.917 bits per heavy atom. The highest BCUT2D eigenvalue weighted by Crippen LogP contribution is 2.48. The quantitative estimate of drug-likeness (QED) is 0.386. The third-order valence-corrected chi connectivity index (χ3v) is 9.63. The number of anilines is 1. The number of hydrogen-bond acceptors (Lipinski definition) is 10. The van der Waals surface area contributed by atoms with Gasteiger partial charge in [-0.15, -0.1) is 0 Å². The van der Waals surface area contributed by atoms with E-state index in [0.717, 1.165) is 17.3 Å². The molecule has 5 aliphatic heterocycles. The van der Waals surface area contributed by atoms with Crippen molar-refractivity contribution in [3.05, 3.63) is 92.9 Å². The molecule has 0 spiro atoms. The molecule has 0 radical (unpaired) electrons. The summed E-state index contributed by atoms with van der Waals surface area (Å²) in [5.41, 5.74) is 1.10. The number of benzene rings is 2. The van der Waals surface area contributed by atoms with Crippen molar-refractivity contribution in [1.82, 2.24) is 14.5 Å². The minimum absolute atomic E-state index is 0.0673. The number of carbonyl (C=O) groups excluding carboxylic acids is 3. The molecular formula is C33H31F2N5O8. The average Bonchev–Trinajstić information content (AvgIpc) is 3.19. The fourth-order valence-corrected chi connectivity index (χ4v) is 7.35. The summed E-state index contributed by atoms with van der Waals surface area (Å²) in [6.45, 7) is 3.13. The second kappa shape index (κ2) is 11.6. The van der Waals surface area contributed by atoms with Crippen molar-refractivity contribution in [2.45, 2.75) is 31.3 Å². The first kappa shape index (κ1) is 30.3. The number of para-hydroxylation sites is 1. The number of fused-ring (bicyclic) bond motifs is 7. The highest BCUT2D eigenvalue weighted by molar-refractivity contribution is 5.97. The van der Waals surface area contributed by atoms with E-state index in [2.05, 4.69) is 0 Å². The number of likely N-dealkylation sites (tertiary alicyclic amines) is 1. The van der Waals surface area contributed by atoms with Gasteiger partial charge in [0.2, 0.25) is 17.1 Å². The smallest absolute Gasteiger partial charge is 0.427 e. The van der Waals surface area contributed by atoms with Gasteiger partial charge in [0.1, 0.15) is 18.3 Å². The van der Waals surface area contributed by atoms with Crippen LogP contribution in [0, 0.1) is 11.6 Å². The van der Waals surface area contributed by atoms with Gasteiger partial charge in [-0.05, 0) is 17.7 Å². The fraction of sp³-hybridized carbons (Fsp3) is 0.394. The number of hydrogen-bond donors (Lipinski definition) is 0. The third kappa shape index (κ3) is 4.71. The molecule has 5 aliphatic rings. The second-order valence-electron chi connectivity index (χ2n) is 12.3. The summed E-state index contributed by atoms with van der Waals surface area (Å²) in [4.78, 5) is 57.0. The minimum atomic E-state index is -1.20. The summed E-state index contributed by atoms with van der Waals surface area (Å²) in [6, 6.07) is 9.82. The zero-order valence-corrected chi connectivity index (χ0v) is 25.8. The number of carbonyl (C=O) groups is 3. The number of morpholine rings is 2. The van der Waals surface area contributed by atoms with E-state index in [0.29, 0.717) is 18.7 Å². The van der Waals surface area contributed by atoms with Gasteiger partial charge in [-0.25, -0.2) is 13.6 Å². The Hall–Kier alpha value is -5.02. The van der Waals surface area contributed by atoms with Crippen LogP contribution in [0.4, 0.5) is 19.3 Å². The maximum Gasteiger partial charge on any atom is 0.514 e. The van der Waals surface area contributed by atoms with Crippen LogP contribution in [0.25, 0.3) is 0 Å². The molecule has 8 rings (SSSR count). The Morgan fingerprint density at radius 3 is 2.46 bits per heavy atom. The molecule has 0 bridgehead atoms. The molecule has 13 nitrogen and oxygen atoms in total. The van der Waals surface area contributed by atoms with Gasteiger partial charge >= 0.3 is 6.16 Å². The molecule has 0 N–H and O–H groups in total. The van der Waals surface area contributed by atoms with Gasteiger partial charge in [-0.1, -0.05) is 24.3 Å². The van der Waals surface area contributed by atoms with E-state index >= 15 is 8.78 Å². The molecular weight excluding hydrogens is 632 g/mol. The van der Waals surface area contributed by atoms with Crippen LogP contribution >= 0.6 is 0 Å².